The van der Waals surface area contributed by atoms with Crippen molar-refractivity contribution in [2.24, 2.45) is 0 Å². The van der Waals surface area contributed by atoms with E-state index in [-0.39, 0.29) is 23.8 Å². The number of nitrogens with zero attached hydrogens (tertiary/aromatic N) is 4. The third kappa shape index (κ3) is 4.28. The number of carbonyl (C=O) groups is 1. The van der Waals surface area contributed by atoms with Crippen LogP contribution in [-0.2, 0) is 21.4 Å². The number of aliphatic carboxylic acids is 1. The van der Waals surface area contributed by atoms with Gasteiger partial charge in [0.2, 0.25) is 16.0 Å². The van der Waals surface area contributed by atoms with E-state index in [1.54, 1.807) is 36.7 Å². The molecule has 0 fully saturated rings. The average molecular weight is 480 g/mol. The Hall–Kier alpha value is -4.03. The molecule has 1 aliphatic heterocycles. The molecule has 4 N–H and O–H groups in total. The molecule has 0 aliphatic carbocycles. The van der Waals surface area contributed by atoms with E-state index < -0.39 is 16.0 Å². The Labute approximate surface area is 194 Å². The first-order valence-corrected chi connectivity index (χ1v) is 12.0. The number of rotatable bonds is 8. The first-order valence-electron chi connectivity index (χ1n) is 10.5. The van der Waals surface area contributed by atoms with Gasteiger partial charge in [-0.2, -0.15) is 10.1 Å². The third-order valence-electron chi connectivity index (χ3n) is 5.51. The summed E-state index contributed by atoms with van der Waals surface area (Å²) in [6, 6.07) is 12.5. The van der Waals surface area contributed by atoms with Crippen LogP contribution in [0.5, 0.6) is 0 Å². The van der Waals surface area contributed by atoms with Gasteiger partial charge in [0.15, 0.2) is 0 Å². The summed E-state index contributed by atoms with van der Waals surface area (Å²) in [7, 11) is -3.51. The number of sulfonamides is 1. The number of H-pyrrole nitrogens is 1. The van der Waals surface area contributed by atoms with Crippen molar-refractivity contribution in [2.75, 3.05) is 16.8 Å². The van der Waals surface area contributed by atoms with Crippen molar-refractivity contribution >= 4 is 50.0 Å². The van der Waals surface area contributed by atoms with Crippen LogP contribution in [0.2, 0.25) is 0 Å². The predicted octanol–water partition coefficient (Wildman–Crippen LogP) is 2.89. The maximum atomic E-state index is 12.2. The van der Waals surface area contributed by atoms with Crippen LogP contribution >= 0.6 is 0 Å². The van der Waals surface area contributed by atoms with Gasteiger partial charge in [-0.25, -0.2) is 18.1 Å². The molecule has 4 aromatic rings. The first kappa shape index (κ1) is 21.8. The Balaban J connectivity index is 1.47. The summed E-state index contributed by atoms with van der Waals surface area (Å²) in [5.74, 6) is -0.0250. The summed E-state index contributed by atoms with van der Waals surface area (Å²) in [5, 5.41) is 20.1. The average Bonchev–Trinajstić information content (AvgIpc) is 3.41. The van der Waals surface area contributed by atoms with E-state index >= 15 is 0 Å². The first-order chi connectivity index (χ1) is 16.4. The minimum atomic E-state index is -3.51. The van der Waals surface area contributed by atoms with Gasteiger partial charge >= 0.3 is 5.97 Å². The molecule has 34 heavy (non-hydrogen) atoms. The summed E-state index contributed by atoms with van der Waals surface area (Å²) in [6.07, 6.45) is 3.74. The second-order valence-electron chi connectivity index (χ2n) is 7.77. The van der Waals surface area contributed by atoms with Crippen molar-refractivity contribution in [1.82, 2.24) is 24.9 Å². The summed E-state index contributed by atoms with van der Waals surface area (Å²) in [6.45, 7) is 0.685. The lowest BCUT2D eigenvalue weighted by Crippen LogP contribution is -2.21. The highest BCUT2D eigenvalue weighted by atomic mass is 32.2. The topological polar surface area (TPSA) is 153 Å². The van der Waals surface area contributed by atoms with Crippen LogP contribution in [0.4, 0.5) is 23.1 Å². The number of nitrogens with one attached hydrogen (secondary N) is 3. The molecule has 0 saturated carbocycles. The smallest absolute Gasteiger partial charge is 0.303 e. The maximum Gasteiger partial charge on any atom is 0.303 e. The molecule has 0 atom stereocenters. The molecule has 11 nitrogen and oxygen atoms in total. The van der Waals surface area contributed by atoms with Gasteiger partial charge < -0.3 is 15.3 Å². The van der Waals surface area contributed by atoms with E-state index in [2.05, 4.69) is 30.2 Å². The van der Waals surface area contributed by atoms with Crippen molar-refractivity contribution in [3.63, 3.8) is 0 Å². The maximum absolute atomic E-state index is 12.2. The van der Waals surface area contributed by atoms with Crippen molar-refractivity contribution in [2.45, 2.75) is 24.3 Å². The number of hydrogen-bond acceptors (Lipinski definition) is 8. The van der Waals surface area contributed by atoms with Crippen LogP contribution in [0.3, 0.4) is 0 Å². The molecule has 0 saturated heterocycles. The molecular weight excluding hydrogens is 458 g/mol. The number of aromatic amines is 1. The summed E-state index contributed by atoms with van der Waals surface area (Å²) in [4.78, 5) is 22.1. The fourth-order valence-corrected chi connectivity index (χ4v) is 5.17. The summed E-state index contributed by atoms with van der Waals surface area (Å²) >= 11 is 0. The van der Waals surface area contributed by atoms with Crippen molar-refractivity contribution in [3.05, 3.63) is 60.4 Å². The van der Waals surface area contributed by atoms with Crippen molar-refractivity contribution < 1.29 is 18.3 Å². The monoisotopic (exact) mass is 479 g/mol. The van der Waals surface area contributed by atoms with E-state index in [4.69, 9.17) is 5.11 Å². The van der Waals surface area contributed by atoms with Crippen LogP contribution in [0.15, 0.2) is 59.8 Å². The quantitative estimate of drug-likeness (QED) is 0.299. The van der Waals surface area contributed by atoms with Crippen molar-refractivity contribution in [3.8, 4) is 0 Å². The number of fused-ring (bicyclic) bond motifs is 2. The minimum absolute atomic E-state index is 0.0195. The molecule has 12 heteroatoms. The zero-order valence-electron chi connectivity index (χ0n) is 17.9. The van der Waals surface area contributed by atoms with Gasteiger partial charge in [0, 0.05) is 36.8 Å². The van der Waals surface area contributed by atoms with Crippen molar-refractivity contribution in [1.29, 1.82) is 0 Å². The fourth-order valence-electron chi connectivity index (χ4n) is 3.90. The zero-order chi connectivity index (χ0) is 23.7. The van der Waals surface area contributed by atoms with Crippen LogP contribution in [0, 0.1) is 0 Å². The van der Waals surface area contributed by atoms with E-state index in [9.17, 15) is 13.2 Å². The van der Waals surface area contributed by atoms with Crippen LogP contribution in [0.25, 0.3) is 10.9 Å². The molecule has 5 rings (SSSR count). The summed E-state index contributed by atoms with van der Waals surface area (Å²) < 4.78 is 26.8. The predicted molar refractivity (Wildman–Crippen MR) is 126 cm³/mol. The largest absolute Gasteiger partial charge is 0.481 e. The van der Waals surface area contributed by atoms with Gasteiger partial charge in [0.25, 0.3) is 0 Å². The van der Waals surface area contributed by atoms with Crippen LogP contribution in [0.1, 0.15) is 18.4 Å². The van der Waals surface area contributed by atoms with Gasteiger partial charge in [-0.05, 0) is 42.3 Å². The van der Waals surface area contributed by atoms with E-state index in [1.807, 2.05) is 23.1 Å². The molecule has 2 aromatic carbocycles. The molecule has 0 bridgehead atoms. The van der Waals surface area contributed by atoms with Gasteiger partial charge in [0.05, 0.1) is 22.3 Å². The second-order valence-corrected chi connectivity index (χ2v) is 9.50. The number of hydrogen-bond donors (Lipinski definition) is 4. The van der Waals surface area contributed by atoms with Gasteiger partial charge in [0.1, 0.15) is 5.82 Å². The molecular formula is C22H21N7O4S. The van der Waals surface area contributed by atoms with Gasteiger partial charge in [-0.3, -0.25) is 9.89 Å². The van der Waals surface area contributed by atoms with Gasteiger partial charge in [-0.15, -0.1) is 0 Å². The lowest BCUT2D eigenvalue weighted by atomic mass is 10.2. The molecule has 0 amide bonds. The Morgan fingerprint density at radius 1 is 1.21 bits per heavy atom. The highest BCUT2D eigenvalue weighted by Gasteiger charge is 2.25. The fraction of sp³-hybridized carbons (Fsp3) is 0.182. The Bertz CT molecular complexity index is 1490. The highest BCUT2D eigenvalue weighted by Crippen LogP contribution is 2.32. The van der Waals surface area contributed by atoms with Crippen LogP contribution in [-0.4, -0.2) is 46.2 Å². The Morgan fingerprint density at radius 2 is 2.09 bits per heavy atom. The standard InChI is InChI=1S/C22H21N7O4S/c30-21(31)5-2-10-29(18-4-1-3-17-16(18)13-24-28-17)20-8-9-23-22(27-20)26-15-7-6-14-12-25-34(32,33)19(14)11-15/h1,3-4,6-9,11,13,25H,2,5,10,12H2,(H,24,28)(H,30,31)(H,23,26,27). The molecule has 2 aromatic heterocycles. The molecule has 174 valence electrons. The molecule has 0 spiro atoms. The molecule has 0 unspecified atom stereocenters. The molecule has 1 aliphatic rings. The normalized spacial score (nSPS) is 14.1. The third-order valence-corrected chi connectivity index (χ3v) is 6.99. The number of aromatic nitrogens is 4. The van der Waals surface area contributed by atoms with E-state index in [1.165, 1.54) is 0 Å². The van der Waals surface area contributed by atoms with E-state index in [0.717, 1.165) is 16.6 Å². The number of benzene rings is 2. The minimum Gasteiger partial charge on any atom is -0.481 e. The van der Waals surface area contributed by atoms with Gasteiger partial charge in [-0.1, -0.05) is 12.1 Å². The zero-order valence-corrected chi connectivity index (χ0v) is 18.7. The number of carboxylic acid groups (broad SMARTS) is 1. The molecule has 0 radical (unpaired) electrons. The second kappa shape index (κ2) is 8.72. The SMILES string of the molecule is O=C(O)CCCN(c1ccnc(Nc2ccc3c(c2)S(=O)(=O)NC3)n1)c1cccc2[nH]ncc12. The Morgan fingerprint density at radius 3 is 2.94 bits per heavy atom. The molecule has 3 heterocycles. The van der Waals surface area contributed by atoms with E-state index in [0.29, 0.717) is 30.0 Å². The highest BCUT2D eigenvalue weighted by molar-refractivity contribution is 7.89. The number of anilines is 4. The van der Waals surface area contributed by atoms with Crippen LogP contribution < -0.4 is 14.9 Å². The lowest BCUT2D eigenvalue weighted by molar-refractivity contribution is -0.137. The Kier molecular flexibility index (Phi) is 5.59. The summed E-state index contributed by atoms with van der Waals surface area (Å²) in [5.41, 5.74) is 2.92. The lowest BCUT2D eigenvalue weighted by Gasteiger charge is -2.24. The number of carboxylic acids is 1.